The molecule has 5 heteroatoms. The summed E-state index contributed by atoms with van der Waals surface area (Å²) in [6.07, 6.45) is 5.88. The number of piperidine rings is 1. The minimum atomic E-state index is -0.727. The zero-order chi connectivity index (χ0) is 15.0. The van der Waals surface area contributed by atoms with E-state index in [1.807, 2.05) is 18.7 Å². The minimum absolute atomic E-state index is 0.00805. The molecule has 5 nitrogen and oxygen atoms in total. The van der Waals surface area contributed by atoms with Gasteiger partial charge in [0.25, 0.3) is 0 Å². The third-order valence-corrected chi connectivity index (χ3v) is 5.66. The van der Waals surface area contributed by atoms with E-state index in [1.165, 1.54) is 25.8 Å². The lowest BCUT2D eigenvalue weighted by molar-refractivity contribution is -0.140. The van der Waals surface area contributed by atoms with Crippen molar-refractivity contribution in [2.24, 2.45) is 0 Å². The number of fused-ring (bicyclic) bond motifs is 1. The molecule has 3 unspecified atom stereocenters. The summed E-state index contributed by atoms with van der Waals surface area (Å²) in [5, 5.41) is 2.94. The second-order valence-electron chi connectivity index (χ2n) is 6.94. The van der Waals surface area contributed by atoms with Crippen LogP contribution in [0.3, 0.4) is 0 Å². The van der Waals surface area contributed by atoms with Crippen LogP contribution >= 0.6 is 0 Å². The molecular formula is C16H27N3O2. The van der Waals surface area contributed by atoms with Gasteiger partial charge in [-0.25, -0.2) is 0 Å². The Morgan fingerprint density at radius 3 is 2.71 bits per heavy atom. The molecule has 3 heterocycles. The number of carbonyl (C=O) groups is 2. The molecule has 0 radical (unpaired) electrons. The fourth-order valence-corrected chi connectivity index (χ4v) is 4.20. The van der Waals surface area contributed by atoms with Gasteiger partial charge in [-0.2, -0.15) is 0 Å². The van der Waals surface area contributed by atoms with E-state index in [0.717, 1.165) is 13.0 Å². The zero-order valence-corrected chi connectivity index (χ0v) is 13.2. The first kappa shape index (κ1) is 14.8. The van der Waals surface area contributed by atoms with Crippen molar-refractivity contribution in [3.05, 3.63) is 0 Å². The minimum Gasteiger partial charge on any atom is -0.342 e. The molecule has 3 aliphatic rings. The topological polar surface area (TPSA) is 52.7 Å². The summed E-state index contributed by atoms with van der Waals surface area (Å²) in [6.45, 7) is 6.70. The van der Waals surface area contributed by atoms with Crippen LogP contribution in [0, 0.1) is 0 Å². The number of rotatable bonds is 2. The standard InChI is InChI=1S/C16H27N3O2/c1-3-16(2)15(21)19(11-8-14(20)17-16)13-7-10-18-9-5-4-6-12(13)18/h12-13H,3-11H2,1-2H3,(H,17,20). The highest BCUT2D eigenvalue weighted by atomic mass is 16.2. The Bertz CT molecular complexity index is 439. The van der Waals surface area contributed by atoms with Crippen LogP contribution in [-0.2, 0) is 9.59 Å². The van der Waals surface area contributed by atoms with E-state index >= 15 is 0 Å². The molecule has 21 heavy (non-hydrogen) atoms. The quantitative estimate of drug-likeness (QED) is 0.830. The molecule has 0 bridgehead atoms. The van der Waals surface area contributed by atoms with Crippen molar-refractivity contribution >= 4 is 11.8 Å². The van der Waals surface area contributed by atoms with E-state index in [4.69, 9.17) is 0 Å². The average Bonchev–Trinajstić information content (AvgIpc) is 2.86. The maximum atomic E-state index is 13.0. The summed E-state index contributed by atoms with van der Waals surface area (Å²) in [6, 6.07) is 0.813. The first-order chi connectivity index (χ1) is 10.0. The Morgan fingerprint density at radius 2 is 1.95 bits per heavy atom. The Hall–Kier alpha value is -1.10. The third-order valence-electron chi connectivity index (χ3n) is 5.66. The molecule has 118 valence electrons. The fourth-order valence-electron chi connectivity index (χ4n) is 4.20. The number of nitrogens with one attached hydrogen (secondary N) is 1. The molecule has 3 rings (SSSR count). The van der Waals surface area contributed by atoms with Gasteiger partial charge in [0.2, 0.25) is 11.8 Å². The number of hydrogen-bond donors (Lipinski definition) is 1. The van der Waals surface area contributed by atoms with Crippen molar-refractivity contribution < 1.29 is 9.59 Å². The fraction of sp³-hybridized carbons (Fsp3) is 0.875. The van der Waals surface area contributed by atoms with Crippen molar-refractivity contribution in [2.45, 2.75) is 70.0 Å². The molecular weight excluding hydrogens is 266 g/mol. The van der Waals surface area contributed by atoms with E-state index in [9.17, 15) is 9.59 Å². The van der Waals surface area contributed by atoms with Gasteiger partial charge < -0.3 is 10.2 Å². The summed E-state index contributed by atoms with van der Waals surface area (Å²) < 4.78 is 0. The second-order valence-corrected chi connectivity index (χ2v) is 6.94. The van der Waals surface area contributed by atoms with Crippen LogP contribution in [-0.4, -0.2) is 58.9 Å². The van der Waals surface area contributed by atoms with E-state index in [0.29, 0.717) is 31.5 Å². The molecule has 2 amide bonds. The number of nitrogens with zero attached hydrogens (tertiary/aromatic N) is 2. The third kappa shape index (κ3) is 2.56. The maximum absolute atomic E-state index is 13.0. The van der Waals surface area contributed by atoms with Gasteiger partial charge in [0.15, 0.2) is 0 Å². The number of carbonyl (C=O) groups excluding carboxylic acids is 2. The Morgan fingerprint density at radius 1 is 1.14 bits per heavy atom. The Labute approximate surface area is 127 Å². The first-order valence-corrected chi connectivity index (χ1v) is 8.41. The van der Waals surface area contributed by atoms with Crippen LogP contribution in [0.25, 0.3) is 0 Å². The van der Waals surface area contributed by atoms with Gasteiger partial charge in [0, 0.05) is 31.6 Å². The number of hydrogen-bond acceptors (Lipinski definition) is 3. The monoisotopic (exact) mass is 293 g/mol. The van der Waals surface area contributed by atoms with Crippen LogP contribution in [0.4, 0.5) is 0 Å². The van der Waals surface area contributed by atoms with Gasteiger partial charge >= 0.3 is 0 Å². The molecule has 0 saturated carbocycles. The Balaban J connectivity index is 1.83. The van der Waals surface area contributed by atoms with E-state index in [1.54, 1.807) is 0 Å². The second kappa shape index (κ2) is 5.59. The predicted octanol–water partition coefficient (Wildman–Crippen LogP) is 1.13. The van der Waals surface area contributed by atoms with Crippen molar-refractivity contribution in [2.75, 3.05) is 19.6 Å². The van der Waals surface area contributed by atoms with Crippen LogP contribution in [0.15, 0.2) is 0 Å². The highest BCUT2D eigenvalue weighted by molar-refractivity contribution is 5.93. The summed E-state index contributed by atoms with van der Waals surface area (Å²) >= 11 is 0. The smallest absolute Gasteiger partial charge is 0.248 e. The maximum Gasteiger partial charge on any atom is 0.248 e. The lowest BCUT2D eigenvalue weighted by Crippen LogP contribution is -2.58. The Kier molecular flexibility index (Phi) is 3.95. The normalized spacial score (nSPS) is 38.1. The van der Waals surface area contributed by atoms with Crippen molar-refractivity contribution in [1.82, 2.24) is 15.1 Å². The van der Waals surface area contributed by atoms with Crippen LogP contribution in [0.1, 0.15) is 52.4 Å². The highest BCUT2D eigenvalue weighted by Gasteiger charge is 2.46. The molecule has 0 aromatic carbocycles. The molecule has 0 spiro atoms. The molecule has 3 aliphatic heterocycles. The molecule has 0 aromatic rings. The van der Waals surface area contributed by atoms with E-state index in [-0.39, 0.29) is 11.8 Å². The zero-order valence-electron chi connectivity index (χ0n) is 13.2. The lowest BCUT2D eigenvalue weighted by Gasteiger charge is -2.40. The van der Waals surface area contributed by atoms with Gasteiger partial charge in [0.05, 0.1) is 0 Å². The van der Waals surface area contributed by atoms with E-state index in [2.05, 4.69) is 10.2 Å². The number of amides is 2. The lowest BCUT2D eigenvalue weighted by atomic mass is 9.93. The van der Waals surface area contributed by atoms with Crippen LogP contribution < -0.4 is 5.32 Å². The SMILES string of the molecule is CCC1(C)NC(=O)CCN(C2CCN3CCCCC23)C1=O. The predicted molar refractivity (Wildman–Crippen MR) is 80.8 cm³/mol. The van der Waals surface area contributed by atoms with Crippen molar-refractivity contribution in [3.63, 3.8) is 0 Å². The molecule has 1 N–H and O–H groups in total. The van der Waals surface area contributed by atoms with Crippen molar-refractivity contribution in [3.8, 4) is 0 Å². The summed E-state index contributed by atoms with van der Waals surface area (Å²) in [5.41, 5.74) is -0.727. The van der Waals surface area contributed by atoms with Gasteiger partial charge in [-0.3, -0.25) is 14.5 Å². The average molecular weight is 293 g/mol. The van der Waals surface area contributed by atoms with Gasteiger partial charge in [-0.05, 0) is 39.2 Å². The molecule has 0 aliphatic carbocycles. The van der Waals surface area contributed by atoms with Crippen LogP contribution in [0.2, 0.25) is 0 Å². The summed E-state index contributed by atoms with van der Waals surface area (Å²) in [4.78, 5) is 29.5. The molecule has 3 fully saturated rings. The summed E-state index contributed by atoms with van der Waals surface area (Å²) in [7, 11) is 0. The van der Waals surface area contributed by atoms with Crippen molar-refractivity contribution in [1.29, 1.82) is 0 Å². The van der Waals surface area contributed by atoms with Crippen LogP contribution in [0.5, 0.6) is 0 Å². The molecule has 3 atom stereocenters. The molecule has 3 saturated heterocycles. The van der Waals surface area contributed by atoms with Gasteiger partial charge in [-0.1, -0.05) is 13.3 Å². The summed E-state index contributed by atoms with van der Waals surface area (Å²) in [5.74, 6) is 0.127. The first-order valence-electron chi connectivity index (χ1n) is 8.41. The largest absolute Gasteiger partial charge is 0.342 e. The van der Waals surface area contributed by atoms with Gasteiger partial charge in [0.1, 0.15) is 5.54 Å². The highest BCUT2D eigenvalue weighted by Crippen LogP contribution is 2.32. The molecule has 0 aromatic heterocycles. The van der Waals surface area contributed by atoms with Gasteiger partial charge in [-0.15, -0.1) is 0 Å². The van der Waals surface area contributed by atoms with E-state index < -0.39 is 5.54 Å².